The van der Waals surface area contributed by atoms with E-state index in [-0.39, 0.29) is 29.6 Å². The van der Waals surface area contributed by atoms with Crippen LogP contribution in [0.4, 0.5) is 14.9 Å². The molecule has 0 spiro atoms. The van der Waals surface area contributed by atoms with Gasteiger partial charge in [-0.05, 0) is 47.2 Å². The normalized spacial score (nSPS) is 14.5. The van der Waals surface area contributed by atoms with Crippen molar-refractivity contribution in [2.24, 2.45) is 0 Å². The van der Waals surface area contributed by atoms with E-state index < -0.39 is 16.1 Å². The number of nitrogens with zero attached hydrogens (tertiary/aromatic N) is 2. The Hall–Kier alpha value is -4.18. The van der Waals surface area contributed by atoms with E-state index in [1.807, 2.05) is 0 Å². The number of nitro groups is 1. The summed E-state index contributed by atoms with van der Waals surface area (Å²) in [4.78, 5) is 37.0. The molecule has 1 heterocycles. The number of non-ortho nitro benzene ring substituents is 1. The van der Waals surface area contributed by atoms with Crippen LogP contribution in [0.15, 0.2) is 71.6 Å². The van der Waals surface area contributed by atoms with E-state index in [9.17, 15) is 24.1 Å². The third-order valence-electron chi connectivity index (χ3n) is 5.16. The van der Waals surface area contributed by atoms with Crippen LogP contribution in [0.25, 0.3) is 6.08 Å². The minimum absolute atomic E-state index is 0.0128. The number of thioether (sulfide) groups is 1. The number of hydrogen-bond acceptors (Lipinski definition) is 7. The first-order valence-electron chi connectivity index (χ1n) is 10.4. The number of carbonyl (C=O) groups is 2. The number of carbonyl (C=O) groups excluding carboxylic acids is 2. The fraction of sp³-hybridized carbons (Fsp3) is 0.120. The third-order valence-corrected chi connectivity index (χ3v) is 6.07. The van der Waals surface area contributed by atoms with Crippen molar-refractivity contribution in [3.8, 4) is 11.5 Å². The molecule has 0 aliphatic carbocycles. The summed E-state index contributed by atoms with van der Waals surface area (Å²) in [6, 6.07) is 17.1. The van der Waals surface area contributed by atoms with Crippen LogP contribution >= 0.6 is 11.8 Å². The van der Waals surface area contributed by atoms with E-state index in [0.717, 1.165) is 16.7 Å². The van der Waals surface area contributed by atoms with Crippen LogP contribution in [0.2, 0.25) is 0 Å². The van der Waals surface area contributed by atoms with Crippen molar-refractivity contribution in [1.29, 1.82) is 0 Å². The molecule has 1 saturated heterocycles. The monoisotopic (exact) mass is 494 g/mol. The lowest BCUT2D eigenvalue weighted by molar-refractivity contribution is -0.384. The Bertz CT molecular complexity index is 1340. The highest BCUT2D eigenvalue weighted by atomic mass is 32.2. The summed E-state index contributed by atoms with van der Waals surface area (Å²) in [5.41, 5.74) is 1.35. The summed E-state index contributed by atoms with van der Waals surface area (Å²) in [5.74, 6) is -0.0909. The van der Waals surface area contributed by atoms with Gasteiger partial charge in [0, 0.05) is 17.7 Å². The highest BCUT2D eigenvalue weighted by Crippen LogP contribution is 2.35. The highest BCUT2D eigenvalue weighted by Gasteiger charge is 2.35. The van der Waals surface area contributed by atoms with Gasteiger partial charge in [-0.3, -0.25) is 24.6 Å². The second kappa shape index (κ2) is 10.4. The minimum atomic E-state index is -0.533. The number of methoxy groups -OCH3 is 1. The second-order valence-corrected chi connectivity index (χ2v) is 8.48. The van der Waals surface area contributed by atoms with Gasteiger partial charge in [-0.2, -0.15) is 0 Å². The molecule has 0 bridgehead atoms. The number of amides is 2. The standard InChI is InChI=1S/C25H19FN2O6S/c1-33-22-12-16(9-10-21(22)34-15-18-6-2-3-8-20(18)26)13-23-24(29)27(25(30)35-23)14-17-5-4-7-19(11-17)28(31)32/h2-13H,14-15H2,1H3. The third kappa shape index (κ3) is 5.49. The summed E-state index contributed by atoms with van der Waals surface area (Å²) in [6.45, 7) is -0.0608. The Morgan fingerprint density at radius 2 is 1.86 bits per heavy atom. The van der Waals surface area contributed by atoms with Gasteiger partial charge in [-0.25, -0.2) is 4.39 Å². The average molecular weight is 495 g/mol. The van der Waals surface area contributed by atoms with Crippen molar-refractivity contribution in [1.82, 2.24) is 4.90 Å². The molecule has 3 aromatic rings. The fourth-order valence-electron chi connectivity index (χ4n) is 3.40. The van der Waals surface area contributed by atoms with Crippen LogP contribution in [0.3, 0.4) is 0 Å². The molecular formula is C25H19FN2O6S. The predicted molar refractivity (Wildman–Crippen MR) is 128 cm³/mol. The smallest absolute Gasteiger partial charge is 0.293 e. The Morgan fingerprint density at radius 1 is 1.06 bits per heavy atom. The number of nitro benzene ring substituents is 1. The number of benzene rings is 3. The van der Waals surface area contributed by atoms with Crippen LogP contribution in [-0.2, 0) is 17.9 Å². The molecule has 178 valence electrons. The van der Waals surface area contributed by atoms with Crippen molar-refractivity contribution in [3.05, 3.63) is 104 Å². The molecule has 0 atom stereocenters. The van der Waals surface area contributed by atoms with Crippen molar-refractivity contribution in [2.75, 3.05) is 7.11 Å². The molecular weight excluding hydrogens is 475 g/mol. The number of rotatable bonds is 8. The number of halogens is 1. The van der Waals surface area contributed by atoms with Crippen LogP contribution < -0.4 is 9.47 Å². The zero-order chi connectivity index (χ0) is 24.9. The summed E-state index contributed by atoms with van der Waals surface area (Å²) in [5, 5.41) is 10.5. The van der Waals surface area contributed by atoms with Gasteiger partial charge in [0.05, 0.1) is 23.5 Å². The van der Waals surface area contributed by atoms with Crippen molar-refractivity contribution in [2.45, 2.75) is 13.2 Å². The molecule has 1 aliphatic heterocycles. The lowest BCUT2D eigenvalue weighted by Crippen LogP contribution is -2.27. The van der Waals surface area contributed by atoms with Crippen LogP contribution in [0.5, 0.6) is 11.5 Å². The van der Waals surface area contributed by atoms with E-state index in [4.69, 9.17) is 9.47 Å². The van der Waals surface area contributed by atoms with Gasteiger partial charge in [0.25, 0.3) is 16.8 Å². The largest absolute Gasteiger partial charge is 0.493 e. The Balaban J connectivity index is 1.49. The molecule has 1 aliphatic rings. The van der Waals surface area contributed by atoms with Gasteiger partial charge in [0.1, 0.15) is 12.4 Å². The number of ether oxygens (including phenoxy) is 2. The quantitative estimate of drug-likeness (QED) is 0.230. The minimum Gasteiger partial charge on any atom is -0.493 e. The van der Waals surface area contributed by atoms with E-state index in [2.05, 4.69) is 0 Å². The topological polar surface area (TPSA) is 99.0 Å². The zero-order valence-electron chi connectivity index (χ0n) is 18.5. The zero-order valence-corrected chi connectivity index (χ0v) is 19.3. The molecule has 0 N–H and O–H groups in total. The molecule has 10 heteroatoms. The average Bonchev–Trinajstić information content (AvgIpc) is 3.11. The van der Waals surface area contributed by atoms with Gasteiger partial charge < -0.3 is 9.47 Å². The molecule has 0 radical (unpaired) electrons. The molecule has 35 heavy (non-hydrogen) atoms. The van der Waals surface area contributed by atoms with Gasteiger partial charge in [0.15, 0.2) is 11.5 Å². The van der Waals surface area contributed by atoms with E-state index in [1.54, 1.807) is 48.5 Å². The predicted octanol–water partition coefficient (Wildman–Crippen LogP) is 5.56. The van der Waals surface area contributed by atoms with Crippen molar-refractivity contribution >= 4 is 34.7 Å². The molecule has 0 aromatic heterocycles. The second-order valence-electron chi connectivity index (χ2n) is 7.49. The summed E-state index contributed by atoms with van der Waals surface area (Å²) in [7, 11) is 1.46. The molecule has 4 rings (SSSR count). The molecule has 1 fully saturated rings. The molecule has 8 nitrogen and oxygen atoms in total. The molecule has 3 aromatic carbocycles. The maximum atomic E-state index is 13.8. The Kier molecular flexibility index (Phi) is 7.11. The lowest BCUT2D eigenvalue weighted by Gasteiger charge is -2.12. The van der Waals surface area contributed by atoms with Gasteiger partial charge in [-0.15, -0.1) is 0 Å². The number of hydrogen-bond donors (Lipinski definition) is 0. The van der Waals surface area contributed by atoms with Gasteiger partial charge >= 0.3 is 0 Å². The molecule has 0 unspecified atom stereocenters. The van der Waals surface area contributed by atoms with Gasteiger partial charge in [0.2, 0.25) is 0 Å². The first-order valence-corrected chi connectivity index (χ1v) is 11.2. The van der Waals surface area contributed by atoms with Crippen molar-refractivity contribution in [3.63, 3.8) is 0 Å². The van der Waals surface area contributed by atoms with Crippen LogP contribution in [0.1, 0.15) is 16.7 Å². The van der Waals surface area contributed by atoms with Gasteiger partial charge in [-0.1, -0.05) is 36.4 Å². The highest BCUT2D eigenvalue weighted by molar-refractivity contribution is 8.18. The summed E-state index contributed by atoms with van der Waals surface area (Å²) in [6.07, 6.45) is 1.56. The first-order chi connectivity index (χ1) is 16.9. The molecule has 0 saturated carbocycles. The maximum absolute atomic E-state index is 13.8. The Labute approximate surface area is 204 Å². The van der Waals surface area contributed by atoms with Crippen LogP contribution in [0, 0.1) is 15.9 Å². The SMILES string of the molecule is COc1cc(C=C2SC(=O)N(Cc3cccc([N+](=O)[O-])c3)C2=O)ccc1OCc1ccccc1F. The maximum Gasteiger partial charge on any atom is 0.293 e. The van der Waals surface area contributed by atoms with E-state index in [0.29, 0.717) is 28.2 Å². The van der Waals surface area contributed by atoms with Crippen molar-refractivity contribution < 1.29 is 28.4 Å². The number of imide groups is 1. The summed E-state index contributed by atoms with van der Waals surface area (Å²) < 4.78 is 24.9. The fourth-order valence-corrected chi connectivity index (χ4v) is 4.24. The van der Waals surface area contributed by atoms with E-state index >= 15 is 0 Å². The summed E-state index contributed by atoms with van der Waals surface area (Å²) >= 11 is 0.784. The molecule has 2 amide bonds. The lowest BCUT2D eigenvalue weighted by atomic mass is 10.1. The van der Waals surface area contributed by atoms with E-state index in [1.165, 1.54) is 31.4 Å². The Morgan fingerprint density at radius 3 is 2.60 bits per heavy atom. The van der Waals surface area contributed by atoms with Crippen LogP contribution in [-0.4, -0.2) is 28.1 Å². The first kappa shape index (κ1) is 24.0.